The average Bonchev–Trinajstić information content (AvgIpc) is 2.28. The van der Waals surface area contributed by atoms with Crippen molar-refractivity contribution >= 4 is 27.2 Å². The molecule has 8 heteroatoms. The third-order valence-electron chi connectivity index (χ3n) is 2.43. The Morgan fingerprint density at radius 3 is 2.68 bits per heavy atom. The van der Waals surface area contributed by atoms with Gasteiger partial charge >= 0.3 is 0 Å². The van der Waals surface area contributed by atoms with E-state index >= 15 is 0 Å². The normalized spacial score (nSPS) is 12.1. The second-order valence-electron chi connectivity index (χ2n) is 4.22. The van der Waals surface area contributed by atoms with Gasteiger partial charge in [-0.15, -0.1) is 0 Å². The summed E-state index contributed by atoms with van der Waals surface area (Å²) in [4.78, 5) is 3.82. The first-order valence-electron chi connectivity index (χ1n) is 5.67. The van der Waals surface area contributed by atoms with E-state index in [1.807, 2.05) is 0 Å². The highest BCUT2D eigenvalue weighted by Crippen LogP contribution is 2.19. The van der Waals surface area contributed by atoms with E-state index in [9.17, 15) is 12.8 Å². The third kappa shape index (κ3) is 3.92. The minimum Gasteiger partial charge on any atom is -0.393 e. The molecule has 0 saturated carbocycles. The van der Waals surface area contributed by atoms with Crippen LogP contribution in [0, 0.1) is 5.82 Å². The quantitative estimate of drug-likeness (QED) is 0.802. The molecular weight excluding hydrogens is 289 g/mol. The van der Waals surface area contributed by atoms with Crippen molar-refractivity contribution in [3.63, 3.8) is 0 Å². The molecule has 1 aromatic heterocycles. The lowest BCUT2D eigenvalue weighted by atomic mass is 10.3. The van der Waals surface area contributed by atoms with Crippen LogP contribution in [0.4, 0.5) is 4.39 Å². The van der Waals surface area contributed by atoms with Crippen molar-refractivity contribution in [3.05, 3.63) is 24.1 Å². The number of sulfonamides is 1. The molecule has 2 N–H and O–H groups in total. The lowest BCUT2D eigenvalue weighted by Crippen LogP contribution is -2.39. The molecule has 0 amide bonds. The van der Waals surface area contributed by atoms with Gasteiger partial charge in [0.1, 0.15) is 0 Å². The van der Waals surface area contributed by atoms with Gasteiger partial charge in [0.25, 0.3) is 10.0 Å². The monoisotopic (exact) mass is 305 g/mol. The van der Waals surface area contributed by atoms with E-state index in [-0.39, 0.29) is 24.0 Å². The van der Waals surface area contributed by atoms with Gasteiger partial charge in [0.05, 0.1) is 4.99 Å². The zero-order valence-corrected chi connectivity index (χ0v) is 12.3. The molecule has 0 bridgehead atoms. The first-order chi connectivity index (χ1) is 8.76. The summed E-state index contributed by atoms with van der Waals surface area (Å²) >= 11 is 4.73. The Morgan fingerprint density at radius 1 is 1.58 bits per heavy atom. The van der Waals surface area contributed by atoms with Crippen molar-refractivity contribution in [1.82, 2.24) is 9.29 Å². The number of rotatable bonds is 6. The van der Waals surface area contributed by atoms with Crippen LogP contribution in [-0.4, -0.2) is 35.3 Å². The third-order valence-corrected chi connectivity index (χ3v) is 4.65. The molecule has 0 radical (unpaired) electrons. The number of nitrogens with zero attached hydrogens (tertiary/aromatic N) is 2. The van der Waals surface area contributed by atoms with Gasteiger partial charge in [0, 0.05) is 25.2 Å². The largest absolute Gasteiger partial charge is 0.393 e. The smallest absolute Gasteiger partial charge is 0.263 e. The molecule has 0 aliphatic carbocycles. The fraction of sp³-hybridized carbons (Fsp3) is 0.455. The molecule has 0 atom stereocenters. The van der Waals surface area contributed by atoms with Crippen LogP contribution in [0.5, 0.6) is 0 Å². The molecule has 1 heterocycles. The molecule has 1 rings (SSSR count). The minimum atomic E-state index is -3.99. The number of hydrogen-bond donors (Lipinski definition) is 1. The zero-order chi connectivity index (χ0) is 14.6. The molecule has 0 spiro atoms. The second-order valence-corrected chi connectivity index (χ2v) is 6.55. The van der Waals surface area contributed by atoms with Crippen LogP contribution < -0.4 is 5.73 Å². The van der Waals surface area contributed by atoms with Gasteiger partial charge in [-0.3, -0.25) is 0 Å². The Labute approximate surface area is 117 Å². The van der Waals surface area contributed by atoms with Crippen molar-refractivity contribution in [2.75, 3.05) is 6.54 Å². The summed E-state index contributed by atoms with van der Waals surface area (Å²) in [5, 5.41) is -0.577. The highest BCUT2D eigenvalue weighted by molar-refractivity contribution is 7.89. The Morgan fingerprint density at radius 2 is 2.21 bits per heavy atom. The lowest BCUT2D eigenvalue weighted by molar-refractivity contribution is 0.358. The predicted octanol–water partition coefficient (Wildman–Crippen LogP) is 1.30. The van der Waals surface area contributed by atoms with Gasteiger partial charge in [0.15, 0.2) is 5.82 Å². The molecule has 0 aliphatic rings. The van der Waals surface area contributed by atoms with Gasteiger partial charge < -0.3 is 5.73 Å². The maximum atomic E-state index is 13.6. The van der Waals surface area contributed by atoms with E-state index in [4.69, 9.17) is 18.0 Å². The molecule has 0 fully saturated rings. The van der Waals surface area contributed by atoms with Gasteiger partial charge in [-0.2, -0.15) is 4.31 Å². The fourth-order valence-electron chi connectivity index (χ4n) is 1.55. The molecule has 0 saturated heterocycles. The molecule has 0 unspecified atom stereocenters. The van der Waals surface area contributed by atoms with Crippen LogP contribution in [0.25, 0.3) is 0 Å². The summed E-state index contributed by atoms with van der Waals surface area (Å²) in [6.07, 6.45) is 1.48. The van der Waals surface area contributed by atoms with Gasteiger partial charge in [-0.25, -0.2) is 17.8 Å². The van der Waals surface area contributed by atoms with E-state index in [1.54, 1.807) is 13.8 Å². The predicted molar refractivity (Wildman–Crippen MR) is 74.6 cm³/mol. The molecular formula is C11H16FN3O2S2. The number of pyridine rings is 1. The zero-order valence-electron chi connectivity index (χ0n) is 10.7. The van der Waals surface area contributed by atoms with Crippen LogP contribution in [0.1, 0.15) is 20.3 Å². The number of thiocarbonyl (C=S) groups is 1. The summed E-state index contributed by atoms with van der Waals surface area (Å²) in [6, 6.07) is 2.05. The summed E-state index contributed by atoms with van der Waals surface area (Å²) < 4.78 is 39.4. The number of halogens is 1. The molecule has 0 aliphatic heterocycles. The fourth-order valence-corrected chi connectivity index (χ4v) is 3.26. The summed E-state index contributed by atoms with van der Waals surface area (Å²) in [7, 11) is -3.99. The minimum absolute atomic E-state index is 0.103. The summed E-state index contributed by atoms with van der Waals surface area (Å²) in [5.74, 6) is -0.872. The van der Waals surface area contributed by atoms with Crippen LogP contribution >= 0.6 is 12.2 Å². The Balaban J connectivity index is 3.14. The molecule has 0 aromatic carbocycles. The molecule has 19 heavy (non-hydrogen) atoms. The lowest BCUT2D eigenvalue weighted by Gasteiger charge is -2.25. The summed E-state index contributed by atoms with van der Waals surface area (Å²) in [5.41, 5.74) is 5.37. The van der Waals surface area contributed by atoms with Crippen molar-refractivity contribution in [1.29, 1.82) is 0 Å². The summed E-state index contributed by atoms with van der Waals surface area (Å²) in [6.45, 7) is 3.49. The van der Waals surface area contributed by atoms with Crippen molar-refractivity contribution in [2.45, 2.75) is 31.3 Å². The SMILES string of the molecule is CC(C)N(CCC(N)=S)S(=O)(=O)c1ncccc1F. The molecule has 5 nitrogen and oxygen atoms in total. The van der Waals surface area contributed by atoms with Gasteiger partial charge in [0.2, 0.25) is 5.03 Å². The first kappa shape index (κ1) is 15.9. The van der Waals surface area contributed by atoms with Gasteiger partial charge in [-0.1, -0.05) is 12.2 Å². The number of aromatic nitrogens is 1. The second kappa shape index (κ2) is 6.36. The van der Waals surface area contributed by atoms with Crippen LogP contribution in [0.2, 0.25) is 0 Å². The van der Waals surface area contributed by atoms with Crippen LogP contribution in [0.3, 0.4) is 0 Å². The van der Waals surface area contributed by atoms with Gasteiger partial charge in [-0.05, 0) is 26.0 Å². The number of nitrogens with two attached hydrogens (primary N) is 1. The molecule has 1 aromatic rings. The van der Waals surface area contributed by atoms with E-state index < -0.39 is 20.9 Å². The Kier molecular flexibility index (Phi) is 5.33. The topological polar surface area (TPSA) is 76.3 Å². The van der Waals surface area contributed by atoms with E-state index in [0.29, 0.717) is 0 Å². The highest BCUT2D eigenvalue weighted by atomic mass is 32.2. The van der Waals surface area contributed by atoms with Crippen LogP contribution in [0.15, 0.2) is 23.4 Å². The standard InChI is InChI=1S/C11H16FN3O2S2/c1-8(2)15(7-5-10(13)18)19(16,17)11-9(12)4-3-6-14-11/h3-4,6,8H,5,7H2,1-2H3,(H2,13,18). The van der Waals surface area contributed by atoms with Crippen molar-refractivity contribution < 1.29 is 12.8 Å². The Bertz CT molecular complexity index is 561. The highest BCUT2D eigenvalue weighted by Gasteiger charge is 2.30. The van der Waals surface area contributed by atoms with Crippen LogP contribution in [-0.2, 0) is 10.0 Å². The maximum Gasteiger partial charge on any atom is 0.263 e. The van der Waals surface area contributed by atoms with E-state index in [1.165, 1.54) is 12.3 Å². The van der Waals surface area contributed by atoms with Crippen molar-refractivity contribution in [3.8, 4) is 0 Å². The molecule has 106 valence electrons. The maximum absolute atomic E-state index is 13.6. The van der Waals surface area contributed by atoms with Crippen molar-refractivity contribution in [2.24, 2.45) is 5.73 Å². The number of hydrogen-bond acceptors (Lipinski definition) is 4. The van der Waals surface area contributed by atoms with E-state index in [2.05, 4.69) is 4.98 Å². The Hall–Kier alpha value is -1.12. The average molecular weight is 305 g/mol. The first-order valence-corrected chi connectivity index (χ1v) is 7.52. The van der Waals surface area contributed by atoms with E-state index in [0.717, 1.165) is 10.4 Å².